The molecule has 0 aliphatic carbocycles. The molecule has 0 saturated heterocycles. The largest absolute Gasteiger partial charge is 0.497 e. The second-order valence-electron chi connectivity index (χ2n) is 3.14. The fourth-order valence-corrected chi connectivity index (χ4v) is 2.05. The highest BCUT2D eigenvalue weighted by atomic mass is 32.2. The molecule has 1 N–H and O–H groups in total. The Labute approximate surface area is 95.4 Å². The topological polar surface area (TPSA) is 64.6 Å². The van der Waals surface area contributed by atoms with E-state index in [1.807, 2.05) is 0 Å². The molecule has 0 amide bonds. The lowest BCUT2D eigenvalue weighted by Crippen LogP contribution is -2.20. The summed E-state index contributed by atoms with van der Waals surface area (Å²) in [5, 5.41) is 0. The molecule has 90 valence electrons. The van der Waals surface area contributed by atoms with Gasteiger partial charge >= 0.3 is 0 Å². The molecule has 1 aromatic carbocycles. The van der Waals surface area contributed by atoms with Crippen molar-refractivity contribution in [1.29, 1.82) is 0 Å². The number of methoxy groups -OCH3 is 2. The molecule has 0 aliphatic heterocycles. The minimum Gasteiger partial charge on any atom is -0.497 e. The molecule has 16 heavy (non-hydrogen) atoms. The van der Waals surface area contributed by atoms with Gasteiger partial charge in [0, 0.05) is 5.56 Å². The standard InChI is InChI=1S/C10H15NO4S/c1-11-16(12,13)7-8-6-9(14-2)4-5-10(8)15-3/h4-6,11H,7H2,1-3H3. The summed E-state index contributed by atoms with van der Waals surface area (Å²) in [5.41, 5.74) is 0.566. The van der Waals surface area contributed by atoms with E-state index in [0.29, 0.717) is 17.1 Å². The average molecular weight is 245 g/mol. The third-order valence-electron chi connectivity index (χ3n) is 2.14. The van der Waals surface area contributed by atoms with E-state index in [1.54, 1.807) is 18.2 Å². The van der Waals surface area contributed by atoms with Crippen molar-refractivity contribution in [1.82, 2.24) is 4.72 Å². The lowest BCUT2D eigenvalue weighted by molar-refractivity contribution is 0.400. The van der Waals surface area contributed by atoms with Crippen LogP contribution in [0.3, 0.4) is 0 Å². The summed E-state index contributed by atoms with van der Waals surface area (Å²) in [6, 6.07) is 5.04. The van der Waals surface area contributed by atoms with Crippen molar-refractivity contribution in [2.24, 2.45) is 0 Å². The van der Waals surface area contributed by atoms with Crippen molar-refractivity contribution in [3.8, 4) is 11.5 Å². The van der Waals surface area contributed by atoms with Gasteiger partial charge in [-0.15, -0.1) is 0 Å². The van der Waals surface area contributed by atoms with Gasteiger partial charge in [-0.1, -0.05) is 0 Å². The summed E-state index contributed by atoms with van der Waals surface area (Å²) in [5.74, 6) is 0.992. The highest BCUT2D eigenvalue weighted by Gasteiger charge is 2.13. The first-order chi connectivity index (χ1) is 7.52. The third kappa shape index (κ3) is 3.11. The fraction of sp³-hybridized carbons (Fsp3) is 0.400. The molecule has 0 fully saturated rings. The Kier molecular flexibility index (Phi) is 4.14. The molecule has 0 saturated carbocycles. The first-order valence-electron chi connectivity index (χ1n) is 4.64. The van der Waals surface area contributed by atoms with Crippen molar-refractivity contribution >= 4 is 10.0 Å². The maximum absolute atomic E-state index is 11.4. The number of benzene rings is 1. The molecule has 0 aliphatic rings. The van der Waals surface area contributed by atoms with Crippen LogP contribution < -0.4 is 14.2 Å². The Morgan fingerprint density at radius 3 is 2.44 bits per heavy atom. The average Bonchev–Trinajstić information content (AvgIpc) is 2.28. The van der Waals surface area contributed by atoms with Crippen LogP contribution in [0.4, 0.5) is 0 Å². The summed E-state index contributed by atoms with van der Waals surface area (Å²) in [4.78, 5) is 0. The van der Waals surface area contributed by atoms with Crippen molar-refractivity contribution in [2.75, 3.05) is 21.3 Å². The number of hydrogen-bond donors (Lipinski definition) is 1. The van der Waals surface area contributed by atoms with Crippen LogP contribution in [0.15, 0.2) is 18.2 Å². The molecule has 0 atom stereocenters. The molecular weight excluding hydrogens is 230 g/mol. The van der Waals surface area contributed by atoms with Crippen LogP contribution in [0.2, 0.25) is 0 Å². The Bertz CT molecular complexity index is 456. The lowest BCUT2D eigenvalue weighted by atomic mass is 10.2. The van der Waals surface area contributed by atoms with Gasteiger partial charge in [-0.05, 0) is 25.2 Å². The summed E-state index contributed by atoms with van der Waals surface area (Å²) < 4.78 is 35.2. The zero-order chi connectivity index (χ0) is 12.2. The van der Waals surface area contributed by atoms with E-state index in [2.05, 4.69) is 4.72 Å². The van der Waals surface area contributed by atoms with E-state index in [9.17, 15) is 8.42 Å². The van der Waals surface area contributed by atoms with Gasteiger partial charge in [0.1, 0.15) is 11.5 Å². The summed E-state index contributed by atoms with van der Waals surface area (Å²) in [6.07, 6.45) is 0. The van der Waals surface area contributed by atoms with E-state index in [1.165, 1.54) is 21.3 Å². The highest BCUT2D eigenvalue weighted by Crippen LogP contribution is 2.25. The Balaban J connectivity index is 3.10. The van der Waals surface area contributed by atoms with Gasteiger partial charge in [-0.2, -0.15) is 0 Å². The van der Waals surface area contributed by atoms with Crippen molar-refractivity contribution in [3.63, 3.8) is 0 Å². The van der Waals surface area contributed by atoms with Crippen LogP contribution in [-0.4, -0.2) is 29.7 Å². The molecule has 0 radical (unpaired) electrons. The molecule has 0 unspecified atom stereocenters. The third-order valence-corrected chi connectivity index (χ3v) is 3.46. The normalized spacial score (nSPS) is 11.2. The minimum absolute atomic E-state index is 0.135. The van der Waals surface area contributed by atoms with Crippen LogP contribution in [0.25, 0.3) is 0 Å². The molecule has 0 aromatic heterocycles. The van der Waals surface area contributed by atoms with Crippen LogP contribution >= 0.6 is 0 Å². The molecule has 0 heterocycles. The van der Waals surface area contributed by atoms with E-state index in [-0.39, 0.29) is 5.75 Å². The molecule has 6 heteroatoms. The second-order valence-corrected chi connectivity index (χ2v) is 5.07. The number of sulfonamides is 1. The quantitative estimate of drug-likeness (QED) is 0.831. The molecule has 1 rings (SSSR count). The molecule has 5 nitrogen and oxygen atoms in total. The highest BCUT2D eigenvalue weighted by molar-refractivity contribution is 7.88. The Morgan fingerprint density at radius 1 is 1.25 bits per heavy atom. The van der Waals surface area contributed by atoms with Crippen LogP contribution in [0, 0.1) is 0 Å². The number of rotatable bonds is 5. The van der Waals surface area contributed by atoms with E-state index >= 15 is 0 Å². The monoisotopic (exact) mass is 245 g/mol. The van der Waals surface area contributed by atoms with Gasteiger partial charge in [0.2, 0.25) is 10.0 Å². The summed E-state index contributed by atoms with van der Waals surface area (Å²) in [7, 11) is 1.08. The van der Waals surface area contributed by atoms with Gasteiger partial charge in [0.25, 0.3) is 0 Å². The maximum atomic E-state index is 11.4. The van der Waals surface area contributed by atoms with E-state index < -0.39 is 10.0 Å². The first kappa shape index (κ1) is 12.8. The maximum Gasteiger partial charge on any atom is 0.215 e. The smallest absolute Gasteiger partial charge is 0.215 e. The predicted molar refractivity (Wildman–Crippen MR) is 61.2 cm³/mol. The van der Waals surface area contributed by atoms with Gasteiger partial charge in [0.15, 0.2) is 0 Å². The Morgan fingerprint density at radius 2 is 1.94 bits per heavy atom. The SMILES string of the molecule is CNS(=O)(=O)Cc1cc(OC)ccc1OC. The fourth-order valence-electron chi connectivity index (χ4n) is 1.27. The Hall–Kier alpha value is -1.27. The zero-order valence-corrected chi connectivity index (χ0v) is 10.3. The van der Waals surface area contributed by atoms with Crippen LogP contribution in [-0.2, 0) is 15.8 Å². The summed E-state index contributed by atoms with van der Waals surface area (Å²) >= 11 is 0. The molecular formula is C10H15NO4S. The van der Waals surface area contributed by atoms with Crippen LogP contribution in [0.5, 0.6) is 11.5 Å². The van der Waals surface area contributed by atoms with Crippen molar-refractivity contribution in [3.05, 3.63) is 23.8 Å². The second kappa shape index (κ2) is 5.18. The number of ether oxygens (including phenoxy) is 2. The lowest BCUT2D eigenvalue weighted by Gasteiger charge is -2.10. The molecule has 0 spiro atoms. The zero-order valence-electron chi connectivity index (χ0n) is 9.48. The van der Waals surface area contributed by atoms with Crippen molar-refractivity contribution < 1.29 is 17.9 Å². The first-order valence-corrected chi connectivity index (χ1v) is 6.29. The molecule has 1 aromatic rings. The van der Waals surface area contributed by atoms with E-state index in [0.717, 1.165) is 0 Å². The minimum atomic E-state index is -3.32. The van der Waals surface area contributed by atoms with Gasteiger partial charge < -0.3 is 9.47 Å². The van der Waals surface area contributed by atoms with Crippen molar-refractivity contribution in [2.45, 2.75) is 5.75 Å². The molecule has 0 bridgehead atoms. The number of nitrogens with one attached hydrogen (secondary N) is 1. The predicted octanol–water partition coefficient (Wildman–Crippen LogP) is 0.753. The van der Waals surface area contributed by atoms with E-state index in [4.69, 9.17) is 9.47 Å². The number of hydrogen-bond acceptors (Lipinski definition) is 4. The van der Waals surface area contributed by atoms with Gasteiger partial charge in [0.05, 0.1) is 20.0 Å². The summed E-state index contributed by atoms with van der Waals surface area (Å²) in [6.45, 7) is 0. The van der Waals surface area contributed by atoms with Crippen LogP contribution in [0.1, 0.15) is 5.56 Å². The van der Waals surface area contributed by atoms with Gasteiger partial charge in [-0.25, -0.2) is 13.1 Å². The van der Waals surface area contributed by atoms with Gasteiger partial charge in [-0.3, -0.25) is 0 Å².